The minimum Gasteiger partial charge on any atom is -0.309 e. The number of aromatic nitrogens is 1. The molecule has 2 unspecified atom stereocenters. The van der Waals surface area contributed by atoms with Gasteiger partial charge in [0.25, 0.3) is 0 Å². The minimum atomic E-state index is -0.276. The Hall–Kier alpha value is -1.00. The monoisotopic (exact) mass is 295 g/mol. The Kier molecular flexibility index (Phi) is 8.47. The van der Waals surface area contributed by atoms with E-state index in [0.717, 1.165) is 31.6 Å². The van der Waals surface area contributed by atoms with Gasteiger partial charge in [-0.3, -0.25) is 4.98 Å². The van der Waals surface area contributed by atoms with Crippen molar-refractivity contribution in [3.05, 3.63) is 29.8 Å². The Morgan fingerprint density at radius 2 is 2.00 bits per heavy atom. The molecule has 0 fully saturated rings. The Bertz CT molecular complexity index is 380. The van der Waals surface area contributed by atoms with Gasteiger partial charge >= 0.3 is 0 Å². The lowest BCUT2D eigenvalue weighted by Gasteiger charge is -2.27. The molecule has 0 radical (unpaired) electrons. The van der Waals surface area contributed by atoms with Crippen molar-refractivity contribution in [2.75, 3.05) is 20.1 Å². The van der Waals surface area contributed by atoms with E-state index in [2.05, 4.69) is 43.0 Å². The van der Waals surface area contributed by atoms with E-state index in [-0.39, 0.29) is 11.9 Å². The lowest BCUT2D eigenvalue weighted by Crippen LogP contribution is -2.33. The summed E-state index contributed by atoms with van der Waals surface area (Å²) in [5.74, 6) is -0.276. The summed E-state index contributed by atoms with van der Waals surface area (Å²) in [6.45, 7) is 8.61. The second-order valence-electron chi connectivity index (χ2n) is 5.81. The van der Waals surface area contributed by atoms with Crippen molar-refractivity contribution in [1.82, 2.24) is 15.2 Å². The molecule has 0 saturated carbocycles. The third kappa shape index (κ3) is 6.53. The average Bonchev–Trinajstić information content (AvgIpc) is 2.48. The van der Waals surface area contributed by atoms with Gasteiger partial charge in [0, 0.05) is 6.04 Å². The normalized spacial score (nSPS) is 14.4. The van der Waals surface area contributed by atoms with Crippen molar-refractivity contribution in [2.45, 2.75) is 58.5 Å². The maximum absolute atomic E-state index is 13.0. The zero-order valence-corrected chi connectivity index (χ0v) is 13.9. The predicted molar refractivity (Wildman–Crippen MR) is 86.8 cm³/mol. The fraction of sp³-hybridized carbons (Fsp3) is 0.706. The molecule has 3 nitrogen and oxygen atoms in total. The van der Waals surface area contributed by atoms with Crippen LogP contribution < -0.4 is 5.32 Å². The van der Waals surface area contributed by atoms with Crippen LogP contribution in [0.2, 0.25) is 0 Å². The number of rotatable bonds is 10. The summed E-state index contributed by atoms with van der Waals surface area (Å²) in [4.78, 5) is 6.63. The molecule has 1 aromatic heterocycles. The maximum Gasteiger partial charge on any atom is 0.141 e. The number of hydrogen-bond acceptors (Lipinski definition) is 3. The zero-order chi connectivity index (χ0) is 15.7. The Morgan fingerprint density at radius 3 is 2.57 bits per heavy atom. The molecule has 0 amide bonds. The standard InChI is InChI=1S/C17H30FN3/c1-5-7-14(3)21(4)12-10-17(19-11-6-2)16-9-8-15(18)13-20-16/h8-9,13-14,17,19H,5-7,10-12H2,1-4H3. The molecule has 4 heteroatoms. The van der Waals surface area contributed by atoms with Crippen molar-refractivity contribution in [3.63, 3.8) is 0 Å². The van der Waals surface area contributed by atoms with Crippen LogP contribution in [-0.2, 0) is 0 Å². The largest absolute Gasteiger partial charge is 0.309 e. The number of halogens is 1. The Morgan fingerprint density at radius 1 is 1.24 bits per heavy atom. The molecule has 1 heterocycles. The van der Waals surface area contributed by atoms with Gasteiger partial charge in [-0.15, -0.1) is 0 Å². The molecule has 0 aliphatic rings. The van der Waals surface area contributed by atoms with Crippen LogP contribution in [0.1, 0.15) is 58.2 Å². The van der Waals surface area contributed by atoms with Crippen LogP contribution in [0.3, 0.4) is 0 Å². The molecule has 1 rings (SSSR count). The van der Waals surface area contributed by atoms with Crippen LogP contribution in [0.5, 0.6) is 0 Å². The third-order valence-electron chi connectivity index (χ3n) is 3.98. The van der Waals surface area contributed by atoms with E-state index >= 15 is 0 Å². The number of pyridine rings is 1. The van der Waals surface area contributed by atoms with Crippen molar-refractivity contribution >= 4 is 0 Å². The molecule has 0 spiro atoms. The highest BCUT2D eigenvalue weighted by Gasteiger charge is 2.15. The molecule has 21 heavy (non-hydrogen) atoms. The van der Waals surface area contributed by atoms with Crippen LogP contribution in [-0.4, -0.2) is 36.1 Å². The lowest BCUT2D eigenvalue weighted by molar-refractivity contribution is 0.230. The van der Waals surface area contributed by atoms with Gasteiger partial charge in [-0.2, -0.15) is 0 Å². The molecule has 1 aromatic rings. The summed E-state index contributed by atoms with van der Waals surface area (Å²) in [7, 11) is 2.18. The molecule has 2 atom stereocenters. The van der Waals surface area contributed by atoms with E-state index in [0.29, 0.717) is 6.04 Å². The Balaban J connectivity index is 2.59. The first-order chi connectivity index (χ1) is 10.1. The van der Waals surface area contributed by atoms with Gasteiger partial charge in [0.1, 0.15) is 5.82 Å². The highest BCUT2D eigenvalue weighted by molar-refractivity contribution is 5.10. The van der Waals surface area contributed by atoms with Crippen LogP contribution in [0.4, 0.5) is 4.39 Å². The average molecular weight is 295 g/mol. The first kappa shape index (κ1) is 18.1. The highest BCUT2D eigenvalue weighted by Crippen LogP contribution is 2.16. The quantitative estimate of drug-likeness (QED) is 0.712. The van der Waals surface area contributed by atoms with E-state index in [9.17, 15) is 4.39 Å². The SMILES string of the molecule is CCCNC(CCN(C)C(C)CCC)c1ccc(F)cn1. The first-order valence-corrected chi connectivity index (χ1v) is 8.13. The number of nitrogens with zero attached hydrogens (tertiary/aromatic N) is 2. The summed E-state index contributed by atoms with van der Waals surface area (Å²) in [6, 6.07) is 4.08. The molecule has 0 saturated heterocycles. The highest BCUT2D eigenvalue weighted by atomic mass is 19.1. The second kappa shape index (κ2) is 9.85. The van der Waals surface area contributed by atoms with Crippen LogP contribution in [0, 0.1) is 5.82 Å². The second-order valence-corrected chi connectivity index (χ2v) is 5.81. The molecule has 0 aromatic carbocycles. The first-order valence-electron chi connectivity index (χ1n) is 8.13. The van der Waals surface area contributed by atoms with E-state index in [4.69, 9.17) is 0 Å². The van der Waals surface area contributed by atoms with Crippen molar-refractivity contribution in [1.29, 1.82) is 0 Å². The van der Waals surface area contributed by atoms with Gasteiger partial charge in [-0.25, -0.2) is 4.39 Å². The van der Waals surface area contributed by atoms with E-state index < -0.39 is 0 Å². The predicted octanol–water partition coefficient (Wildman–Crippen LogP) is 3.77. The maximum atomic E-state index is 13.0. The smallest absolute Gasteiger partial charge is 0.141 e. The third-order valence-corrected chi connectivity index (χ3v) is 3.98. The fourth-order valence-electron chi connectivity index (χ4n) is 2.46. The van der Waals surface area contributed by atoms with Crippen molar-refractivity contribution in [3.8, 4) is 0 Å². The van der Waals surface area contributed by atoms with Gasteiger partial charge in [-0.05, 0) is 58.5 Å². The molecule has 1 N–H and O–H groups in total. The molecule has 0 aliphatic carbocycles. The molecule has 120 valence electrons. The van der Waals surface area contributed by atoms with E-state index in [1.807, 2.05) is 0 Å². The van der Waals surface area contributed by atoms with E-state index in [1.54, 1.807) is 6.07 Å². The number of nitrogens with one attached hydrogen (secondary N) is 1. The van der Waals surface area contributed by atoms with Crippen molar-refractivity contribution in [2.24, 2.45) is 0 Å². The summed E-state index contributed by atoms with van der Waals surface area (Å²) in [5, 5.41) is 3.52. The number of hydrogen-bond donors (Lipinski definition) is 1. The van der Waals surface area contributed by atoms with Gasteiger partial charge in [0.2, 0.25) is 0 Å². The molecular weight excluding hydrogens is 265 g/mol. The van der Waals surface area contributed by atoms with Gasteiger partial charge in [0.05, 0.1) is 17.9 Å². The summed E-state index contributed by atoms with van der Waals surface area (Å²) in [5.41, 5.74) is 0.932. The fourth-order valence-corrected chi connectivity index (χ4v) is 2.46. The van der Waals surface area contributed by atoms with Gasteiger partial charge in [0.15, 0.2) is 0 Å². The minimum absolute atomic E-state index is 0.196. The summed E-state index contributed by atoms with van der Waals surface area (Å²) < 4.78 is 13.0. The zero-order valence-electron chi connectivity index (χ0n) is 13.9. The Labute approximate surface area is 129 Å². The summed E-state index contributed by atoms with van der Waals surface area (Å²) in [6.07, 6.45) is 5.81. The molecular formula is C17H30FN3. The van der Waals surface area contributed by atoms with Crippen LogP contribution >= 0.6 is 0 Å². The van der Waals surface area contributed by atoms with Gasteiger partial charge < -0.3 is 10.2 Å². The van der Waals surface area contributed by atoms with Gasteiger partial charge in [-0.1, -0.05) is 20.3 Å². The summed E-state index contributed by atoms with van der Waals surface area (Å²) >= 11 is 0. The lowest BCUT2D eigenvalue weighted by atomic mass is 10.1. The van der Waals surface area contributed by atoms with E-state index in [1.165, 1.54) is 25.1 Å². The van der Waals surface area contributed by atoms with Crippen LogP contribution in [0.25, 0.3) is 0 Å². The van der Waals surface area contributed by atoms with Crippen molar-refractivity contribution < 1.29 is 4.39 Å². The molecule has 0 bridgehead atoms. The topological polar surface area (TPSA) is 28.2 Å². The van der Waals surface area contributed by atoms with Crippen LogP contribution in [0.15, 0.2) is 18.3 Å². The molecule has 0 aliphatic heterocycles.